The van der Waals surface area contributed by atoms with Crippen molar-refractivity contribution in [3.05, 3.63) is 29.3 Å². The maximum atomic E-state index is 11.3. The van der Waals surface area contributed by atoms with Gasteiger partial charge in [0.2, 0.25) is 0 Å². The van der Waals surface area contributed by atoms with E-state index in [0.29, 0.717) is 19.0 Å². The summed E-state index contributed by atoms with van der Waals surface area (Å²) >= 11 is 0. The Bertz CT molecular complexity index is 576. The summed E-state index contributed by atoms with van der Waals surface area (Å²) in [6.07, 6.45) is 1.97. The zero-order chi connectivity index (χ0) is 17.3. The molecule has 0 amide bonds. The quantitative estimate of drug-likeness (QED) is 0.887. The maximum absolute atomic E-state index is 11.3. The van der Waals surface area contributed by atoms with E-state index in [9.17, 15) is 15.0 Å². The number of aliphatic carboxylic acids is 1. The number of carboxylic acid groups (broad SMARTS) is 1. The summed E-state index contributed by atoms with van der Waals surface area (Å²) < 4.78 is 0. The Kier molecular flexibility index (Phi) is 5.11. The average molecular weight is 332 g/mol. The summed E-state index contributed by atoms with van der Waals surface area (Å²) in [6.45, 7) is 7.56. The lowest BCUT2D eigenvalue weighted by Gasteiger charge is -2.43. The first-order valence-electron chi connectivity index (χ1n) is 8.92. The molecule has 0 saturated carbocycles. The lowest BCUT2D eigenvalue weighted by molar-refractivity contribution is -0.149. The molecule has 1 aromatic rings. The first-order valence-corrected chi connectivity index (χ1v) is 8.92. The van der Waals surface area contributed by atoms with Crippen LogP contribution in [0.3, 0.4) is 0 Å². The van der Waals surface area contributed by atoms with Crippen LogP contribution in [-0.2, 0) is 4.79 Å². The molecule has 0 radical (unpaired) electrons. The predicted octanol–water partition coefficient (Wildman–Crippen LogP) is 2.04. The van der Waals surface area contributed by atoms with Gasteiger partial charge in [0, 0.05) is 37.9 Å². The van der Waals surface area contributed by atoms with Crippen LogP contribution in [-0.4, -0.2) is 59.4 Å². The second-order valence-corrected chi connectivity index (χ2v) is 7.36. The van der Waals surface area contributed by atoms with Gasteiger partial charge in [0.15, 0.2) is 0 Å². The molecule has 24 heavy (non-hydrogen) atoms. The minimum Gasteiger partial charge on any atom is -0.481 e. The van der Waals surface area contributed by atoms with Gasteiger partial charge in [0.05, 0.1) is 12.0 Å². The maximum Gasteiger partial charge on any atom is 0.310 e. The van der Waals surface area contributed by atoms with E-state index in [4.69, 9.17) is 0 Å². The fraction of sp³-hybridized carbons (Fsp3) is 0.632. The van der Waals surface area contributed by atoms with Crippen molar-refractivity contribution in [1.29, 1.82) is 0 Å². The van der Waals surface area contributed by atoms with Crippen LogP contribution >= 0.6 is 0 Å². The number of nitrogens with zero attached hydrogens (tertiary/aromatic N) is 2. The number of rotatable bonds is 3. The van der Waals surface area contributed by atoms with Gasteiger partial charge < -0.3 is 15.1 Å². The van der Waals surface area contributed by atoms with Crippen LogP contribution in [0.1, 0.15) is 30.4 Å². The van der Waals surface area contributed by atoms with Gasteiger partial charge in [-0.3, -0.25) is 9.69 Å². The Hall–Kier alpha value is -1.59. The molecule has 1 aromatic carbocycles. The molecule has 0 unspecified atom stereocenters. The van der Waals surface area contributed by atoms with Gasteiger partial charge in [0.1, 0.15) is 0 Å². The molecule has 0 aliphatic carbocycles. The van der Waals surface area contributed by atoms with Gasteiger partial charge in [-0.2, -0.15) is 0 Å². The number of hydrogen-bond donors (Lipinski definition) is 2. The molecule has 2 fully saturated rings. The molecular formula is C19H28N2O3. The Morgan fingerprint density at radius 2 is 1.67 bits per heavy atom. The molecule has 5 heteroatoms. The monoisotopic (exact) mass is 332 g/mol. The van der Waals surface area contributed by atoms with Gasteiger partial charge in [-0.1, -0.05) is 6.07 Å². The lowest BCUT2D eigenvalue weighted by atomic mass is 9.91. The Balaban J connectivity index is 1.60. The van der Waals surface area contributed by atoms with Crippen LogP contribution in [0.5, 0.6) is 0 Å². The summed E-state index contributed by atoms with van der Waals surface area (Å²) in [7, 11) is 0. The van der Waals surface area contributed by atoms with E-state index in [2.05, 4.69) is 41.8 Å². The highest BCUT2D eigenvalue weighted by atomic mass is 16.4. The molecule has 0 bridgehead atoms. The van der Waals surface area contributed by atoms with Gasteiger partial charge in [0.25, 0.3) is 0 Å². The molecule has 2 heterocycles. The number of aryl methyl sites for hydroxylation is 2. The van der Waals surface area contributed by atoms with Crippen LogP contribution in [0.2, 0.25) is 0 Å². The molecule has 2 atom stereocenters. The fourth-order valence-electron chi connectivity index (χ4n) is 4.16. The second-order valence-electron chi connectivity index (χ2n) is 7.36. The van der Waals surface area contributed by atoms with E-state index < -0.39 is 18.0 Å². The zero-order valence-electron chi connectivity index (χ0n) is 14.6. The molecule has 132 valence electrons. The number of piperidine rings is 2. The minimum absolute atomic E-state index is 0.432. The number of aliphatic hydroxyl groups excluding tert-OH is 1. The van der Waals surface area contributed by atoms with Crippen molar-refractivity contribution in [1.82, 2.24) is 4.90 Å². The average Bonchev–Trinajstić information content (AvgIpc) is 2.54. The van der Waals surface area contributed by atoms with Gasteiger partial charge in [-0.05, 0) is 56.4 Å². The second kappa shape index (κ2) is 7.11. The van der Waals surface area contributed by atoms with Crippen molar-refractivity contribution in [2.24, 2.45) is 5.92 Å². The highest BCUT2D eigenvalue weighted by Gasteiger charge is 2.36. The number of hydrogen-bond acceptors (Lipinski definition) is 4. The minimum atomic E-state index is -0.875. The molecule has 2 saturated heterocycles. The van der Waals surface area contributed by atoms with E-state index in [0.717, 1.165) is 32.5 Å². The number of likely N-dealkylation sites (tertiary alicyclic amines) is 1. The van der Waals surface area contributed by atoms with Crippen molar-refractivity contribution in [2.45, 2.75) is 45.3 Å². The summed E-state index contributed by atoms with van der Waals surface area (Å²) in [4.78, 5) is 16.0. The third-order valence-electron chi connectivity index (χ3n) is 5.48. The van der Waals surface area contributed by atoms with Crippen molar-refractivity contribution in [2.75, 3.05) is 31.1 Å². The van der Waals surface area contributed by atoms with E-state index in [-0.39, 0.29) is 0 Å². The van der Waals surface area contributed by atoms with Crippen molar-refractivity contribution in [3.63, 3.8) is 0 Å². The largest absolute Gasteiger partial charge is 0.481 e. The van der Waals surface area contributed by atoms with Crippen LogP contribution in [0.4, 0.5) is 5.69 Å². The van der Waals surface area contributed by atoms with E-state index in [1.165, 1.54) is 16.8 Å². The van der Waals surface area contributed by atoms with Gasteiger partial charge in [-0.25, -0.2) is 0 Å². The highest BCUT2D eigenvalue weighted by molar-refractivity contribution is 5.71. The zero-order valence-corrected chi connectivity index (χ0v) is 14.6. The molecular weight excluding hydrogens is 304 g/mol. The van der Waals surface area contributed by atoms with Crippen molar-refractivity contribution < 1.29 is 15.0 Å². The summed E-state index contributed by atoms with van der Waals surface area (Å²) in [5, 5.41) is 19.2. The first kappa shape index (κ1) is 17.2. The third-order valence-corrected chi connectivity index (χ3v) is 5.48. The number of benzene rings is 1. The Labute approximate surface area is 143 Å². The standard InChI is InChI=1S/C19H28N2O3/c1-13-9-14(2)11-16(10-13)20-6-3-15(4-7-20)21-8-5-18(22)17(12-21)19(23)24/h9-11,15,17-18,22H,3-8,12H2,1-2H3,(H,23,24)/t17-,18+/m0/s1. The lowest BCUT2D eigenvalue weighted by Crippen LogP contribution is -2.53. The SMILES string of the molecule is Cc1cc(C)cc(N2CCC(N3CC[C@@H](O)[C@@H](C(=O)O)C3)CC2)c1. The number of carbonyl (C=O) groups is 1. The van der Waals surface area contributed by atoms with Crippen molar-refractivity contribution >= 4 is 11.7 Å². The Morgan fingerprint density at radius 3 is 2.25 bits per heavy atom. The van der Waals surface area contributed by atoms with Crippen LogP contribution in [0.15, 0.2) is 18.2 Å². The molecule has 5 nitrogen and oxygen atoms in total. The normalized spacial score (nSPS) is 26.5. The van der Waals surface area contributed by atoms with Crippen LogP contribution in [0.25, 0.3) is 0 Å². The molecule has 0 spiro atoms. The first-order chi connectivity index (χ1) is 11.4. The van der Waals surface area contributed by atoms with Gasteiger partial charge in [-0.15, -0.1) is 0 Å². The summed E-state index contributed by atoms with van der Waals surface area (Å²) in [5.74, 6) is -1.52. The van der Waals surface area contributed by atoms with Crippen LogP contribution < -0.4 is 4.90 Å². The summed E-state index contributed by atoms with van der Waals surface area (Å²) in [5.41, 5.74) is 3.88. The predicted molar refractivity (Wildman–Crippen MR) is 94.5 cm³/mol. The smallest absolute Gasteiger partial charge is 0.310 e. The molecule has 2 N–H and O–H groups in total. The van der Waals surface area contributed by atoms with E-state index >= 15 is 0 Å². The summed E-state index contributed by atoms with van der Waals surface area (Å²) in [6, 6.07) is 7.11. The van der Waals surface area contributed by atoms with E-state index in [1.54, 1.807) is 0 Å². The molecule has 2 aliphatic heterocycles. The number of anilines is 1. The third kappa shape index (κ3) is 3.73. The number of aliphatic hydroxyl groups is 1. The molecule has 3 rings (SSSR count). The topological polar surface area (TPSA) is 64.0 Å². The Morgan fingerprint density at radius 1 is 1.04 bits per heavy atom. The van der Waals surface area contributed by atoms with Crippen LogP contribution in [0, 0.1) is 19.8 Å². The number of carboxylic acids is 1. The van der Waals surface area contributed by atoms with Crippen molar-refractivity contribution in [3.8, 4) is 0 Å². The molecule has 2 aliphatic rings. The molecule has 0 aromatic heterocycles. The van der Waals surface area contributed by atoms with Gasteiger partial charge >= 0.3 is 5.97 Å². The van der Waals surface area contributed by atoms with E-state index in [1.807, 2.05) is 0 Å². The highest BCUT2D eigenvalue weighted by Crippen LogP contribution is 2.27. The fourth-order valence-corrected chi connectivity index (χ4v) is 4.16.